The molecule has 0 heterocycles. The summed E-state index contributed by atoms with van der Waals surface area (Å²) in [4.78, 5) is 13.1. The van der Waals surface area contributed by atoms with Gasteiger partial charge in [-0.2, -0.15) is 0 Å². The van der Waals surface area contributed by atoms with Crippen molar-refractivity contribution in [1.29, 1.82) is 0 Å². The Morgan fingerprint density at radius 3 is 2.07 bits per heavy atom. The van der Waals surface area contributed by atoms with Crippen LogP contribution in [-0.2, 0) is 20.9 Å². The van der Waals surface area contributed by atoms with Crippen LogP contribution in [0.3, 0.4) is 0 Å². The Balaban J connectivity index is 0.00000338. The largest absolute Gasteiger partial charge is 1.00 e. The molecule has 0 spiro atoms. The number of nitrogens with one attached hydrogen (secondary N) is 1. The summed E-state index contributed by atoms with van der Waals surface area (Å²) in [5.41, 5.74) is 6.47. The Labute approximate surface area is 186 Å². The number of allylic oxidation sites excluding steroid dienone is 4. The molecule has 0 radical (unpaired) electrons. The van der Waals surface area contributed by atoms with Gasteiger partial charge in [-0.1, -0.05) is 0 Å². The van der Waals surface area contributed by atoms with E-state index in [1.165, 1.54) is 16.7 Å². The third kappa shape index (κ3) is 5.68. The van der Waals surface area contributed by atoms with E-state index in [0.29, 0.717) is 11.8 Å². The fraction of sp³-hybridized carbons (Fsp3) is 0.476. The summed E-state index contributed by atoms with van der Waals surface area (Å²) in [6.07, 6.45) is 0. The first-order chi connectivity index (χ1) is 11.7. The van der Waals surface area contributed by atoms with Crippen LogP contribution in [0.4, 0.5) is 0 Å². The first kappa shape index (κ1) is 26.8. The number of amides is 1. The van der Waals surface area contributed by atoms with Crippen molar-refractivity contribution in [2.45, 2.75) is 60.6 Å². The van der Waals surface area contributed by atoms with Crippen LogP contribution in [-0.4, -0.2) is 11.9 Å². The van der Waals surface area contributed by atoms with Gasteiger partial charge in [0.15, 0.2) is 0 Å². The second kappa shape index (κ2) is 11.1. The zero-order valence-corrected chi connectivity index (χ0v) is 24.0. The van der Waals surface area contributed by atoms with Crippen LogP contribution in [0, 0.1) is 5.92 Å². The zero-order chi connectivity index (χ0) is 18.9. The van der Waals surface area contributed by atoms with Crippen molar-refractivity contribution in [2.24, 2.45) is 5.92 Å². The molecular formula is C21H32Cl2HfNOSi. The summed E-state index contributed by atoms with van der Waals surface area (Å²) in [5, 5.41) is 0. The minimum absolute atomic E-state index is 0. The standard InChI is InChI=1S/C10H13NO.C9H13.C2H7Si.2ClH.Hf/c1-7(2)8-5-3-4-6-9(8)10(11)12;1-6-5-7(2)9(4)8(6)3;1-3-2;;;/h3-7H,1-2H3,(H2,11,12);6H,1-4H3;3H,1-2H3;2*1H;/q;;;;;+3/p-3. The molecule has 0 saturated heterocycles. The number of rotatable bonds is 5. The van der Waals surface area contributed by atoms with E-state index in [1.807, 2.05) is 18.2 Å². The molecular weight excluding hydrogens is 560 g/mol. The van der Waals surface area contributed by atoms with Gasteiger partial charge in [0, 0.05) is 0 Å². The number of carbonyl (C=O) groups is 1. The molecule has 0 fully saturated rings. The number of carbonyl (C=O) groups excluding carboxylic acids is 1. The second-order valence-electron chi connectivity index (χ2n) is 7.83. The topological polar surface area (TPSA) is 29.1 Å². The fourth-order valence-corrected chi connectivity index (χ4v) is 25.8. The first-order valence-electron chi connectivity index (χ1n) is 9.32. The number of benzene rings is 1. The minimum atomic E-state index is -2.34. The smallest absolute Gasteiger partial charge is 1.00 e. The molecule has 1 amide bonds. The van der Waals surface area contributed by atoms with Crippen molar-refractivity contribution >= 4 is 11.9 Å². The van der Waals surface area contributed by atoms with Crippen LogP contribution >= 0.6 is 0 Å². The van der Waals surface area contributed by atoms with Crippen LogP contribution in [0.25, 0.3) is 0 Å². The Bertz CT molecular complexity index is 743. The van der Waals surface area contributed by atoms with E-state index in [9.17, 15) is 4.79 Å². The summed E-state index contributed by atoms with van der Waals surface area (Å²) in [5.74, 6) is 0.167. The van der Waals surface area contributed by atoms with Crippen molar-refractivity contribution in [2.75, 3.05) is 0 Å². The molecule has 1 N–H and O–H groups in total. The number of hydrogen-bond donors (Lipinski definition) is 1. The van der Waals surface area contributed by atoms with E-state index < -0.39 is 26.9 Å². The van der Waals surface area contributed by atoms with Gasteiger partial charge < -0.3 is 24.8 Å². The summed E-state index contributed by atoms with van der Waals surface area (Å²) in [7, 11) is 0. The average molecular weight is 592 g/mol. The number of halogens is 2. The van der Waals surface area contributed by atoms with Crippen LogP contribution in [0.5, 0.6) is 0 Å². The van der Waals surface area contributed by atoms with Gasteiger partial charge in [-0.3, -0.25) is 0 Å². The van der Waals surface area contributed by atoms with E-state index in [-0.39, 0.29) is 30.7 Å². The summed E-state index contributed by atoms with van der Waals surface area (Å²) >= 11 is -2.34. The van der Waals surface area contributed by atoms with E-state index in [1.54, 1.807) is 3.33 Å². The summed E-state index contributed by atoms with van der Waals surface area (Å²) in [6.45, 7) is 18.3. The van der Waals surface area contributed by atoms with Gasteiger partial charge in [0.25, 0.3) is 0 Å². The second-order valence-corrected chi connectivity index (χ2v) is 33.1. The van der Waals surface area contributed by atoms with Crippen molar-refractivity contribution in [3.8, 4) is 0 Å². The minimum Gasteiger partial charge on any atom is -1.00 e. The molecule has 1 unspecified atom stereocenters. The fourth-order valence-electron chi connectivity index (χ4n) is 3.72. The van der Waals surface area contributed by atoms with Crippen LogP contribution < -0.4 is 28.1 Å². The zero-order valence-electron chi connectivity index (χ0n) is 17.7. The van der Waals surface area contributed by atoms with Crippen molar-refractivity contribution in [3.63, 3.8) is 0 Å². The summed E-state index contributed by atoms with van der Waals surface area (Å²) < 4.78 is 5.27. The first-order valence-corrected chi connectivity index (χ1v) is 22.0. The normalized spacial score (nSPS) is 16.4. The van der Waals surface area contributed by atoms with Gasteiger partial charge in [0.05, 0.1) is 0 Å². The van der Waals surface area contributed by atoms with E-state index in [0.717, 1.165) is 11.1 Å². The Kier molecular flexibility index (Phi) is 11.1. The third-order valence-electron chi connectivity index (χ3n) is 5.58. The molecule has 1 aliphatic rings. The average Bonchev–Trinajstić information content (AvgIpc) is 2.76. The maximum absolute atomic E-state index is 13.1. The maximum Gasteiger partial charge on any atom is -1.00 e. The molecule has 27 heavy (non-hydrogen) atoms. The molecule has 0 aromatic heterocycles. The van der Waals surface area contributed by atoms with E-state index in [4.69, 9.17) is 0 Å². The van der Waals surface area contributed by atoms with Crippen LogP contribution in [0.1, 0.15) is 63.4 Å². The van der Waals surface area contributed by atoms with Crippen molar-refractivity contribution in [3.05, 3.63) is 55.4 Å². The van der Waals surface area contributed by atoms with Gasteiger partial charge in [-0.05, 0) is 0 Å². The molecule has 149 valence electrons. The Morgan fingerprint density at radius 2 is 1.63 bits per heavy atom. The molecule has 0 bridgehead atoms. The molecule has 6 heteroatoms. The quantitative estimate of drug-likeness (QED) is 0.452. The van der Waals surface area contributed by atoms with E-state index >= 15 is 0 Å². The molecule has 1 atom stereocenters. The van der Waals surface area contributed by atoms with Crippen molar-refractivity contribution < 1.29 is 50.5 Å². The summed E-state index contributed by atoms with van der Waals surface area (Å²) in [6, 6.07) is 8.10. The molecule has 2 rings (SSSR count). The predicted molar refractivity (Wildman–Crippen MR) is 107 cm³/mol. The molecule has 1 aromatic rings. The molecule has 0 aliphatic heterocycles. The predicted octanol–water partition coefficient (Wildman–Crippen LogP) is -0.675. The number of hydrogen-bond acceptors (Lipinski definition) is 1. The van der Waals surface area contributed by atoms with Gasteiger partial charge in [0.2, 0.25) is 0 Å². The molecule has 1 aliphatic carbocycles. The molecule has 1 aromatic carbocycles. The third-order valence-corrected chi connectivity index (χ3v) is 29.7. The molecule has 2 nitrogen and oxygen atoms in total. The van der Waals surface area contributed by atoms with Gasteiger partial charge >= 0.3 is 163 Å². The monoisotopic (exact) mass is 592 g/mol. The van der Waals surface area contributed by atoms with Gasteiger partial charge in [-0.25, -0.2) is 0 Å². The van der Waals surface area contributed by atoms with Gasteiger partial charge in [0.1, 0.15) is 0 Å². The SMILES string of the molecule is CC1=C(C)C(C)[C]([Hf+2]([NH]C(=O)c2ccccc2C(C)C)[SiH](C)C)=C1C.[Cl-].[Cl-]. The van der Waals surface area contributed by atoms with E-state index in [2.05, 4.69) is 64.0 Å². The van der Waals surface area contributed by atoms with Crippen LogP contribution in [0.2, 0.25) is 13.1 Å². The Morgan fingerprint density at radius 1 is 1.07 bits per heavy atom. The Hall–Kier alpha value is -0.163. The van der Waals surface area contributed by atoms with Crippen LogP contribution in [0.15, 0.2) is 44.3 Å². The van der Waals surface area contributed by atoms with Gasteiger partial charge in [-0.15, -0.1) is 0 Å². The van der Waals surface area contributed by atoms with Crippen molar-refractivity contribution in [1.82, 2.24) is 3.30 Å². The maximum atomic E-state index is 13.1. The molecule has 0 saturated carbocycles.